The van der Waals surface area contributed by atoms with Gasteiger partial charge in [-0.1, -0.05) is 33.8 Å². The van der Waals surface area contributed by atoms with Crippen molar-refractivity contribution in [3.63, 3.8) is 0 Å². The summed E-state index contributed by atoms with van der Waals surface area (Å²) in [5.74, 6) is 0.589. The fourth-order valence-electron chi connectivity index (χ4n) is 2.28. The zero-order valence-corrected chi connectivity index (χ0v) is 11.7. The third-order valence-corrected chi connectivity index (χ3v) is 4.26. The number of rotatable bonds is 3. The number of hydrogen-bond donors (Lipinski definition) is 0. The first kappa shape index (κ1) is 13.5. The molecule has 0 aromatic rings. The van der Waals surface area contributed by atoms with E-state index in [1.165, 1.54) is 6.26 Å². The highest BCUT2D eigenvalue weighted by Gasteiger charge is 2.26. The fourth-order valence-corrected chi connectivity index (χ4v) is 3.84. The van der Waals surface area contributed by atoms with Crippen molar-refractivity contribution < 1.29 is 8.42 Å². The van der Waals surface area contributed by atoms with Crippen LogP contribution in [0.15, 0.2) is 22.1 Å². The minimum absolute atomic E-state index is 0.277. The Labute approximate surface area is 99.4 Å². The van der Waals surface area contributed by atoms with Gasteiger partial charge in [-0.15, -0.1) is 0 Å². The van der Waals surface area contributed by atoms with Crippen LogP contribution in [0.1, 0.15) is 40.5 Å². The average molecular weight is 242 g/mol. The minimum atomic E-state index is -3.10. The minimum Gasteiger partial charge on any atom is -0.224 e. The second-order valence-corrected chi connectivity index (χ2v) is 7.09. The van der Waals surface area contributed by atoms with Gasteiger partial charge in [0.25, 0.3) is 0 Å². The molecule has 0 radical (unpaired) electrons. The number of hydrogen-bond acceptors (Lipinski definition) is 2. The van der Waals surface area contributed by atoms with E-state index in [1.807, 2.05) is 0 Å². The lowest BCUT2D eigenvalue weighted by atomic mass is 9.87. The maximum absolute atomic E-state index is 11.9. The zero-order valence-electron chi connectivity index (χ0n) is 10.9. The molecule has 0 amide bonds. The van der Waals surface area contributed by atoms with Crippen LogP contribution in [0, 0.1) is 11.8 Å². The molecule has 0 heterocycles. The van der Waals surface area contributed by atoms with Gasteiger partial charge in [-0.2, -0.15) is 0 Å². The van der Waals surface area contributed by atoms with E-state index < -0.39 is 9.84 Å². The Balaban J connectivity index is 3.40. The van der Waals surface area contributed by atoms with Gasteiger partial charge in [0, 0.05) is 6.26 Å². The van der Waals surface area contributed by atoms with E-state index in [2.05, 4.69) is 33.8 Å². The molecule has 1 aliphatic carbocycles. The maximum atomic E-state index is 11.9. The standard InChI is InChI=1S/C13H22O2S/c1-9(2)11-7-6-8-12(10(3)4)13(11)16(5,14)15/h7,9-10H,6,8H2,1-5H3. The molecule has 0 aromatic heterocycles. The van der Waals surface area contributed by atoms with Crippen molar-refractivity contribution in [2.45, 2.75) is 40.5 Å². The Morgan fingerprint density at radius 1 is 1.12 bits per heavy atom. The molecule has 0 unspecified atom stereocenters. The third-order valence-electron chi connectivity index (χ3n) is 3.02. The lowest BCUT2D eigenvalue weighted by Gasteiger charge is -2.25. The summed E-state index contributed by atoms with van der Waals surface area (Å²) < 4.78 is 23.8. The summed E-state index contributed by atoms with van der Waals surface area (Å²) in [5.41, 5.74) is 2.12. The second kappa shape index (κ2) is 4.74. The highest BCUT2D eigenvalue weighted by Crippen LogP contribution is 2.36. The van der Waals surface area contributed by atoms with E-state index >= 15 is 0 Å². The Kier molecular flexibility index (Phi) is 4.00. The first-order valence-corrected chi connectivity index (χ1v) is 7.77. The van der Waals surface area contributed by atoms with Gasteiger partial charge in [-0.3, -0.25) is 0 Å². The molecule has 0 saturated carbocycles. The molecule has 0 fully saturated rings. The van der Waals surface area contributed by atoms with Gasteiger partial charge in [0.15, 0.2) is 9.84 Å². The topological polar surface area (TPSA) is 34.1 Å². The van der Waals surface area contributed by atoms with Crippen LogP contribution in [-0.2, 0) is 9.84 Å². The molecule has 92 valence electrons. The van der Waals surface area contributed by atoms with Gasteiger partial charge in [-0.05, 0) is 35.8 Å². The maximum Gasteiger partial charge on any atom is 0.175 e. The lowest BCUT2D eigenvalue weighted by Crippen LogP contribution is -2.16. The molecule has 0 N–H and O–H groups in total. The first-order valence-electron chi connectivity index (χ1n) is 5.88. The molecule has 2 nitrogen and oxygen atoms in total. The monoisotopic (exact) mass is 242 g/mol. The molecule has 0 bridgehead atoms. The normalized spacial score (nSPS) is 18.3. The van der Waals surface area contributed by atoms with Crippen LogP contribution in [-0.4, -0.2) is 14.7 Å². The van der Waals surface area contributed by atoms with Crippen LogP contribution in [0.25, 0.3) is 0 Å². The van der Waals surface area contributed by atoms with E-state index in [0.717, 1.165) is 24.0 Å². The predicted molar refractivity (Wildman–Crippen MR) is 68.9 cm³/mol. The molecule has 0 saturated heterocycles. The van der Waals surface area contributed by atoms with Crippen LogP contribution in [0.4, 0.5) is 0 Å². The molecule has 0 aromatic carbocycles. The van der Waals surface area contributed by atoms with Crippen molar-refractivity contribution in [3.8, 4) is 0 Å². The van der Waals surface area contributed by atoms with Crippen molar-refractivity contribution in [2.24, 2.45) is 11.8 Å². The molecule has 1 aliphatic rings. The van der Waals surface area contributed by atoms with E-state index in [1.54, 1.807) is 0 Å². The van der Waals surface area contributed by atoms with Gasteiger partial charge < -0.3 is 0 Å². The molecular formula is C13H22O2S. The lowest BCUT2D eigenvalue weighted by molar-refractivity contribution is 0.600. The summed E-state index contributed by atoms with van der Waals surface area (Å²) >= 11 is 0. The fraction of sp³-hybridized carbons (Fsp3) is 0.692. The van der Waals surface area contributed by atoms with Crippen molar-refractivity contribution in [2.75, 3.05) is 6.26 Å². The number of sulfone groups is 1. The van der Waals surface area contributed by atoms with Crippen LogP contribution >= 0.6 is 0 Å². The molecule has 16 heavy (non-hydrogen) atoms. The highest BCUT2D eigenvalue weighted by atomic mass is 32.2. The van der Waals surface area contributed by atoms with Crippen LogP contribution in [0.2, 0.25) is 0 Å². The molecule has 0 atom stereocenters. The first-order chi connectivity index (χ1) is 7.25. The molecule has 1 rings (SSSR count). The molecular weight excluding hydrogens is 220 g/mol. The highest BCUT2D eigenvalue weighted by molar-refractivity contribution is 7.94. The van der Waals surface area contributed by atoms with E-state index in [-0.39, 0.29) is 5.92 Å². The summed E-state index contributed by atoms with van der Waals surface area (Å²) in [7, 11) is -3.10. The summed E-state index contributed by atoms with van der Waals surface area (Å²) in [6.45, 7) is 8.26. The van der Waals surface area contributed by atoms with E-state index in [0.29, 0.717) is 10.8 Å². The van der Waals surface area contributed by atoms with Crippen LogP contribution in [0.5, 0.6) is 0 Å². The Hall–Kier alpha value is -0.570. The molecule has 0 aliphatic heterocycles. The second-order valence-electron chi connectivity index (χ2n) is 5.13. The van der Waals surface area contributed by atoms with Gasteiger partial charge in [0.1, 0.15) is 0 Å². The van der Waals surface area contributed by atoms with Crippen LogP contribution in [0.3, 0.4) is 0 Å². The quantitative estimate of drug-likeness (QED) is 0.761. The molecule has 3 heteroatoms. The SMILES string of the molecule is CC(C)C1=CCCC(C(C)C)=C1S(C)(=O)=O. The smallest absolute Gasteiger partial charge is 0.175 e. The Morgan fingerprint density at radius 2 is 1.69 bits per heavy atom. The summed E-state index contributed by atoms with van der Waals surface area (Å²) in [5, 5.41) is 0. The Morgan fingerprint density at radius 3 is 2.06 bits per heavy atom. The van der Waals surface area contributed by atoms with E-state index in [9.17, 15) is 8.42 Å². The summed E-state index contributed by atoms with van der Waals surface area (Å²) in [6, 6.07) is 0. The van der Waals surface area contributed by atoms with Gasteiger partial charge in [-0.25, -0.2) is 8.42 Å². The predicted octanol–water partition coefficient (Wildman–Crippen LogP) is 3.32. The van der Waals surface area contributed by atoms with E-state index in [4.69, 9.17) is 0 Å². The summed E-state index contributed by atoms with van der Waals surface area (Å²) in [4.78, 5) is 0.615. The third kappa shape index (κ3) is 2.76. The van der Waals surface area contributed by atoms with Gasteiger partial charge in [0.05, 0.1) is 4.91 Å². The van der Waals surface area contributed by atoms with Crippen molar-refractivity contribution in [3.05, 3.63) is 22.1 Å². The van der Waals surface area contributed by atoms with Crippen molar-refractivity contribution in [1.29, 1.82) is 0 Å². The zero-order chi connectivity index (χ0) is 12.5. The average Bonchev–Trinajstić information content (AvgIpc) is 2.15. The summed E-state index contributed by atoms with van der Waals surface area (Å²) in [6.07, 6.45) is 5.27. The largest absolute Gasteiger partial charge is 0.224 e. The van der Waals surface area contributed by atoms with Crippen molar-refractivity contribution >= 4 is 9.84 Å². The van der Waals surface area contributed by atoms with Gasteiger partial charge in [0.2, 0.25) is 0 Å². The number of allylic oxidation sites excluding steroid dienone is 3. The van der Waals surface area contributed by atoms with Gasteiger partial charge >= 0.3 is 0 Å². The van der Waals surface area contributed by atoms with Crippen LogP contribution < -0.4 is 0 Å². The van der Waals surface area contributed by atoms with Crippen molar-refractivity contribution in [1.82, 2.24) is 0 Å². The Bertz CT molecular complexity index is 423. The molecule has 0 spiro atoms.